The van der Waals surface area contributed by atoms with Crippen LogP contribution in [0.25, 0.3) is 6.08 Å². The Morgan fingerprint density at radius 1 is 1.47 bits per heavy atom. The van der Waals surface area contributed by atoms with Gasteiger partial charge in [-0.05, 0) is 23.8 Å². The van der Waals surface area contributed by atoms with E-state index in [0.29, 0.717) is 25.4 Å². The van der Waals surface area contributed by atoms with E-state index in [4.69, 9.17) is 10.5 Å². The van der Waals surface area contributed by atoms with Crippen molar-refractivity contribution in [3.05, 3.63) is 35.9 Å². The number of hydrogen-bond acceptors (Lipinski definition) is 4. The van der Waals surface area contributed by atoms with Gasteiger partial charge in [0, 0.05) is 18.3 Å². The van der Waals surface area contributed by atoms with E-state index in [1.807, 2.05) is 12.1 Å². The van der Waals surface area contributed by atoms with Crippen molar-refractivity contribution in [3.63, 3.8) is 0 Å². The van der Waals surface area contributed by atoms with Gasteiger partial charge >= 0.3 is 0 Å². The van der Waals surface area contributed by atoms with Gasteiger partial charge < -0.3 is 20.5 Å². The molecule has 1 atom stereocenters. The summed E-state index contributed by atoms with van der Waals surface area (Å²) in [6.45, 7) is 1.33. The molecule has 1 amide bonds. The molecule has 0 aromatic heterocycles. The van der Waals surface area contributed by atoms with Crippen LogP contribution in [0.1, 0.15) is 5.56 Å². The molecule has 1 unspecified atom stereocenters. The van der Waals surface area contributed by atoms with Crippen LogP contribution in [0.15, 0.2) is 30.3 Å². The first-order chi connectivity index (χ1) is 9.20. The van der Waals surface area contributed by atoms with Crippen LogP contribution >= 0.6 is 0 Å². The second-order valence-electron chi connectivity index (χ2n) is 4.44. The van der Waals surface area contributed by atoms with Crippen LogP contribution in [0.5, 0.6) is 0 Å². The number of hydrogen-bond donors (Lipinski definition) is 2. The van der Waals surface area contributed by atoms with E-state index in [0.717, 1.165) is 5.56 Å². The second kappa shape index (κ2) is 6.36. The van der Waals surface area contributed by atoms with Gasteiger partial charge in [-0.1, -0.05) is 12.1 Å². The molecule has 5 nitrogen and oxygen atoms in total. The monoisotopic (exact) mass is 262 g/mol. The minimum absolute atomic E-state index is 0.0819. The second-order valence-corrected chi connectivity index (χ2v) is 4.44. The van der Waals surface area contributed by atoms with Crippen LogP contribution in [0, 0.1) is 0 Å². The number of aliphatic hydroxyl groups is 1. The number of rotatable bonds is 3. The number of anilines is 1. The van der Waals surface area contributed by atoms with Gasteiger partial charge in [-0.15, -0.1) is 0 Å². The summed E-state index contributed by atoms with van der Waals surface area (Å²) < 4.78 is 5.24. The predicted octanol–water partition coefficient (Wildman–Crippen LogP) is 0.502. The lowest BCUT2D eigenvalue weighted by Gasteiger charge is -2.33. The molecule has 2 rings (SSSR count). The summed E-state index contributed by atoms with van der Waals surface area (Å²) in [6.07, 6.45) is 3.26. The maximum atomic E-state index is 12.1. The highest BCUT2D eigenvalue weighted by Gasteiger charge is 2.24. The number of nitrogens with zero attached hydrogens (tertiary/aromatic N) is 1. The fraction of sp³-hybridized carbons (Fsp3) is 0.357. The third kappa shape index (κ3) is 3.56. The van der Waals surface area contributed by atoms with Crippen LogP contribution in [-0.4, -0.2) is 48.3 Å². The van der Waals surface area contributed by atoms with Gasteiger partial charge in [-0.2, -0.15) is 0 Å². The zero-order chi connectivity index (χ0) is 13.7. The summed E-state index contributed by atoms with van der Waals surface area (Å²) in [7, 11) is 0. The summed E-state index contributed by atoms with van der Waals surface area (Å²) in [4.78, 5) is 13.7. The first-order valence-corrected chi connectivity index (χ1v) is 6.23. The number of amides is 1. The van der Waals surface area contributed by atoms with E-state index in [2.05, 4.69) is 0 Å². The van der Waals surface area contributed by atoms with Crippen LogP contribution in [0.4, 0.5) is 5.69 Å². The number of carbonyl (C=O) groups is 1. The minimum Gasteiger partial charge on any atom is -0.399 e. The molecule has 0 saturated carbocycles. The van der Waals surface area contributed by atoms with Gasteiger partial charge in [-0.25, -0.2) is 0 Å². The van der Waals surface area contributed by atoms with Crippen molar-refractivity contribution in [3.8, 4) is 0 Å². The standard InChI is InChI=1S/C14H18N2O3/c15-12-4-1-11(2-5-12)3-6-14(18)16-7-8-19-10-13(16)9-17/h1-6,13,17H,7-10,15H2/b6-3+. The minimum atomic E-state index is -0.252. The quantitative estimate of drug-likeness (QED) is 0.614. The number of morpholine rings is 1. The Bertz CT molecular complexity index is 456. The SMILES string of the molecule is Nc1ccc(/C=C/C(=O)N2CCOCC2CO)cc1. The lowest BCUT2D eigenvalue weighted by Crippen LogP contribution is -2.49. The lowest BCUT2D eigenvalue weighted by molar-refractivity contribution is -0.136. The molecule has 5 heteroatoms. The number of ether oxygens (including phenoxy) is 1. The summed E-state index contributed by atoms with van der Waals surface area (Å²) in [5.41, 5.74) is 7.20. The van der Waals surface area contributed by atoms with Crippen molar-refractivity contribution in [2.24, 2.45) is 0 Å². The van der Waals surface area contributed by atoms with Crippen molar-refractivity contribution in [2.75, 3.05) is 32.1 Å². The van der Waals surface area contributed by atoms with Gasteiger partial charge in [0.2, 0.25) is 5.91 Å². The van der Waals surface area contributed by atoms with Crippen molar-refractivity contribution in [1.29, 1.82) is 0 Å². The maximum absolute atomic E-state index is 12.1. The number of nitrogen functional groups attached to an aromatic ring is 1. The zero-order valence-corrected chi connectivity index (χ0v) is 10.7. The summed E-state index contributed by atoms with van der Waals surface area (Å²) in [5, 5.41) is 9.21. The van der Waals surface area contributed by atoms with Crippen LogP contribution in [0.2, 0.25) is 0 Å². The van der Waals surface area contributed by atoms with E-state index >= 15 is 0 Å². The molecule has 1 fully saturated rings. The Kier molecular flexibility index (Phi) is 4.54. The zero-order valence-electron chi connectivity index (χ0n) is 10.7. The van der Waals surface area contributed by atoms with E-state index in [1.54, 1.807) is 23.1 Å². The predicted molar refractivity (Wildman–Crippen MR) is 73.3 cm³/mol. The van der Waals surface area contributed by atoms with Gasteiger partial charge in [0.05, 0.1) is 25.9 Å². The first kappa shape index (κ1) is 13.6. The molecule has 1 heterocycles. The summed E-state index contributed by atoms with van der Waals surface area (Å²) in [5.74, 6) is -0.112. The molecule has 3 N–H and O–H groups in total. The van der Waals surface area contributed by atoms with E-state index in [-0.39, 0.29) is 18.6 Å². The number of aliphatic hydroxyl groups excluding tert-OH is 1. The fourth-order valence-corrected chi connectivity index (χ4v) is 1.97. The molecule has 0 spiro atoms. The average molecular weight is 262 g/mol. The molecule has 1 saturated heterocycles. The maximum Gasteiger partial charge on any atom is 0.247 e. The number of benzene rings is 1. The highest BCUT2D eigenvalue weighted by Crippen LogP contribution is 2.10. The van der Waals surface area contributed by atoms with Crippen molar-refractivity contribution >= 4 is 17.7 Å². The molecule has 1 aliphatic heterocycles. The van der Waals surface area contributed by atoms with Crippen molar-refractivity contribution in [2.45, 2.75) is 6.04 Å². The van der Waals surface area contributed by atoms with Gasteiger partial charge in [0.15, 0.2) is 0 Å². The Labute approximate surface area is 112 Å². The van der Waals surface area contributed by atoms with Gasteiger partial charge in [0.25, 0.3) is 0 Å². The topological polar surface area (TPSA) is 75.8 Å². The molecule has 0 bridgehead atoms. The lowest BCUT2D eigenvalue weighted by atomic mass is 10.2. The Morgan fingerprint density at radius 3 is 2.89 bits per heavy atom. The molecule has 0 aliphatic carbocycles. The van der Waals surface area contributed by atoms with Crippen molar-refractivity contribution in [1.82, 2.24) is 4.90 Å². The molecular weight excluding hydrogens is 244 g/mol. The van der Waals surface area contributed by atoms with Crippen molar-refractivity contribution < 1.29 is 14.6 Å². The number of carbonyl (C=O) groups excluding carboxylic acids is 1. The van der Waals surface area contributed by atoms with E-state index in [9.17, 15) is 9.90 Å². The van der Waals surface area contributed by atoms with E-state index in [1.165, 1.54) is 6.08 Å². The van der Waals surface area contributed by atoms with Gasteiger partial charge in [0.1, 0.15) is 0 Å². The Morgan fingerprint density at radius 2 is 2.21 bits per heavy atom. The molecule has 0 radical (unpaired) electrons. The molecule has 1 aromatic carbocycles. The highest BCUT2D eigenvalue weighted by molar-refractivity contribution is 5.92. The molecule has 1 aromatic rings. The normalized spacial score (nSPS) is 19.8. The third-order valence-electron chi connectivity index (χ3n) is 3.08. The largest absolute Gasteiger partial charge is 0.399 e. The van der Waals surface area contributed by atoms with E-state index < -0.39 is 0 Å². The fourth-order valence-electron chi connectivity index (χ4n) is 1.97. The smallest absolute Gasteiger partial charge is 0.247 e. The molecule has 19 heavy (non-hydrogen) atoms. The molecular formula is C14H18N2O3. The summed E-state index contributed by atoms with van der Waals surface area (Å²) in [6, 6.07) is 7.02. The molecule has 1 aliphatic rings. The average Bonchev–Trinajstić information content (AvgIpc) is 2.46. The van der Waals surface area contributed by atoms with Crippen LogP contribution in [-0.2, 0) is 9.53 Å². The summed E-state index contributed by atoms with van der Waals surface area (Å²) >= 11 is 0. The van der Waals surface area contributed by atoms with Crippen LogP contribution < -0.4 is 5.73 Å². The highest BCUT2D eigenvalue weighted by atomic mass is 16.5. The Balaban J connectivity index is 2.01. The third-order valence-corrected chi connectivity index (χ3v) is 3.08. The number of nitrogens with two attached hydrogens (primary N) is 1. The Hall–Kier alpha value is -1.85. The van der Waals surface area contributed by atoms with Gasteiger partial charge in [-0.3, -0.25) is 4.79 Å². The van der Waals surface area contributed by atoms with Crippen LogP contribution in [0.3, 0.4) is 0 Å². The molecule has 102 valence electrons. The first-order valence-electron chi connectivity index (χ1n) is 6.23.